The van der Waals surface area contributed by atoms with E-state index in [0.29, 0.717) is 36.2 Å². The van der Waals surface area contributed by atoms with Crippen molar-refractivity contribution in [2.45, 2.75) is 43.7 Å². The van der Waals surface area contributed by atoms with E-state index in [-0.39, 0.29) is 34.0 Å². The topological polar surface area (TPSA) is 119 Å². The Bertz CT molecular complexity index is 1820. The minimum absolute atomic E-state index is 0.0347. The molecule has 1 amide bonds. The molecule has 244 valence electrons. The van der Waals surface area contributed by atoms with E-state index in [1.165, 1.54) is 16.4 Å². The van der Waals surface area contributed by atoms with E-state index in [1.54, 1.807) is 18.6 Å². The molecule has 2 aromatic heterocycles. The molecule has 2 aromatic carbocycles. The second-order valence-corrected chi connectivity index (χ2v) is 14.0. The number of rotatable bonds is 11. The highest BCUT2D eigenvalue weighted by Crippen LogP contribution is 2.37. The molecule has 6 rings (SSSR count). The van der Waals surface area contributed by atoms with Gasteiger partial charge in [-0.25, -0.2) is 18.4 Å². The highest BCUT2D eigenvalue weighted by Gasteiger charge is 2.40. The van der Waals surface area contributed by atoms with Crippen molar-refractivity contribution in [3.05, 3.63) is 76.4 Å². The lowest BCUT2D eigenvalue weighted by atomic mass is 10.1. The van der Waals surface area contributed by atoms with Crippen LogP contribution in [0.4, 0.5) is 0 Å². The monoisotopic (exact) mass is 686 g/mol. The first kappa shape index (κ1) is 32.7. The van der Waals surface area contributed by atoms with Gasteiger partial charge in [-0.1, -0.05) is 35.3 Å². The van der Waals surface area contributed by atoms with Crippen molar-refractivity contribution in [1.29, 1.82) is 0 Å². The van der Waals surface area contributed by atoms with Crippen LogP contribution in [0.1, 0.15) is 30.5 Å². The molecule has 0 saturated carbocycles. The van der Waals surface area contributed by atoms with Gasteiger partial charge in [0.1, 0.15) is 28.8 Å². The lowest BCUT2D eigenvalue weighted by molar-refractivity contribution is -0.124. The average molecular weight is 688 g/mol. The predicted molar refractivity (Wildman–Crippen MR) is 176 cm³/mol. The molecule has 2 saturated heterocycles. The summed E-state index contributed by atoms with van der Waals surface area (Å²) in [5.74, 6) is 0.193. The van der Waals surface area contributed by atoms with Crippen molar-refractivity contribution in [2.24, 2.45) is 0 Å². The molecule has 0 bridgehead atoms. The quantitative estimate of drug-likeness (QED) is 0.227. The number of sulfonamides is 1. The number of fused-ring (bicyclic) bond motifs is 1. The van der Waals surface area contributed by atoms with Gasteiger partial charge in [-0.3, -0.25) is 9.69 Å². The van der Waals surface area contributed by atoms with Gasteiger partial charge in [0.15, 0.2) is 0 Å². The summed E-state index contributed by atoms with van der Waals surface area (Å²) in [4.78, 5) is 24.2. The number of hydrogen-bond acceptors (Lipinski definition) is 8. The summed E-state index contributed by atoms with van der Waals surface area (Å²) in [5.41, 5.74) is 2.65. The normalized spacial score (nSPS) is 17.8. The van der Waals surface area contributed by atoms with Crippen LogP contribution in [0.25, 0.3) is 16.6 Å². The number of benzene rings is 2. The number of nitrogens with one attached hydrogen (secondary N) is 1. The number of nitrogens with zero attached hydrogens (tertiary/aromatic N) is 5. The van der Waals surface area contributed by atoms with Crippen molar-refractivity contribution in [3.63, 3.8) is 0 Å². The van der Waals surface area contributed by atoms with Crippen molar-refractivity contribution in [1.82, 2.24) is 29.1 Å². The number of carbonyl (C=O) groups is 1. The van der Waals surface area contributed by atoms with E-state index in [4.69, 9.17) is 37.7 Å². The Morgan fingerprint density at radius 1 is 1.15 bits per heavy atom. The number of amides is 1. The van der Waals surface area contributed by atoms with Gasteiger partial charge < -0.3 is 19.4 Å². The van der Waals surface area contributed by atoms with E-state index < -0.39 is 16.1 Å². The van der Waals surface area contributed by atoms with Crippen LogP contribution < -0.4 is 10.1 Å². The van der Waals surface area contributed by atoms with Crippen LogP contribution in [0.15, 0.2) is 60.0 Å². The molecule has 1 atom stereocenters. The van der Waals surface area contributed by atoms with Gasteiger partial charge >= 0.3 is 0 Å². The number of aromatic nitrogens is 3. The molecule has 1 N–H and O–H groups in total. The molecule has 2 aliphatic heterocycles. The number of halogens is 2. The molecule has 4 heterocycles. The zero-order valence-corrected chi connectivity index (χ0v) is 27.8. The molecule has 2 aliphatic rings. The first-order valence-corrected chi connectivity index (χ1v) is 17.5. The summed E-state index contributed by atoms with van der Waals surface area (Å²) < 4.78 is 42.6. The van der Waals surface area contributed by atoms with E-state index >= 15 is 0 Å². The first-order chi connectivity index (χ1) is 22.2. The maximum absolute atomic E-state index is 13.9. The first-order valence-electron chi connectivity index (χ1n) is 15.3. The number of pyridine rings is 1. The number of carbonyl (C=O) groups excluding carboxylic acids is 1. The summed E-state index contributed by atoms with van der Waals surface area (Å²) in [6.45, 7) is 6.54. The van der Waals surface area contributed by atoms with Crippen LogP contribution >= 0.6 is 23.2 Å². The fourth-order valence-electron chi connectivity index (χ4n) is 5.99. The van der Waals surface area contributed by atoms with E-state index in [0.717, 1.165) is 56.0 Å². The summed E-state index contributed by atoms with van der Waals surface area (Å²) >= 11 is 13.3. The maximum atomic E-state index is 13.9. The Morgan fingerprint density at radius 3 is 2.76 bits per heavy atom. The third-order valence-corrected chi connectivity index (χ3v) is 11.2. The third-order valence-electron chi connectivity index (χ3n) is 8.36. The molecule has 0 aliphatic carbocycles. The van der Waals surface area contributed by atoms with Gasteiger partial charge in [0.05, 0.1) is 30.3 Å². The third kappa shape index (κ3) is 6.87. The molecule has 0 spiro atoms. The molecular weight excluding hydrogens is 651 g/mol. The molecule has 11 nitrogen and oxygen atoms in total. The molecule has 46 heavy (non-hydrogen) atoms. The number of ether oxygens (including phenoxy) is 2. The van der Waals surface area contributed by atoms with Crippen LogP contribution in [0.2, 0.25) is 10.0 Å². The largest absolute Gasteiger partial charge is 0.487 e. The zero-order valence-electron chi connectivity index (χ0n) is 25.5. The number of para-hydroxylation sites is 1. The Balaban J connectivity index is 1.18. The summed E-state index contributed by atoms with van der Waals surface area (Å²) in [6.07, 6.45) is 7.06. The second-order valence-electron chi connectivity index (χ2n) is 11.4. The highest BCUT2D eigenvalue weighted by atomic mass is 35.5. The van der Waals surface area contributed by atoms with Crippen LogP contribution in [0, 0.1) is 6.92 Å². The van der Waals surface area contributed by atoms with Crippen LogP contribution in [-0.4, -0.2) is 90.0 Å². The van der Waals surface area contributed by atoms with Crippen molar-refractivity contribution < 1.29 is 22.7 Å². The van der Waals surface area contributed by atoms with Crippen LogP contribution in [-0.2, 0) is 26.2 Å². The van der Waals surface area contributed by atoms with Gasteiger partial charge in [-0.15, -0.1) is 0 Å². The lowest BCUT2D eigenvalue weighted by Crippen LogP contribution is -2.46. The lowest BCUT2D eigenvalue weighted by Gasteiger charge is -2.27. The van der Waals surface area contributed by atoms with E-state index in [2.05, 4.69) is 15.2 Å². The number of morpholine rings is 1. The van der Waals surface area contributed by atoms with E-state index in [9.17, 15) is 13.2 Å². The molecule has 0 radical (unpaired) electrons. The molecular formula is C32H36Cl2N6O5S. The summed E-state index contributed by atoms with van der Waals surface area (Å²) in [6, 6.07) is 9.65. The Morgan fingerprint density at radius 2 is 1.98 bits per heavy atom. The van der Waals surface area contributed by atoms with Gasteiger partial charge in [0, 0.05) is 60.2 Å². The van der Waals surface area contributed by atoms with Gasteiger partial charge in [0.25, 0.3) is 0 Å². The minimum atomic E-state index is -4.12. The Labute approximate surface area is 278 Å². The van der Waals surface area contributed by atoms with Gasteiger partial charge in [0.2, 0.25) is 15.9 Å². The highest BCUT2D eigenvalue weighted by molar-refractivity contribution is 7.89. The average Bonchev–Trinajstić information content (AvgIpc) is 3.77. The summed E-state index contributed by atoms with van der Waals surface area (Å²) in [5, 5.41) is 4.02. The van der Waals surface area contributed by atoms with Crippen molar-refractivity contribution >= 4 is 50.0 Å². The van der Waals surface area contributed by atoms with Gasteiger partial charge in [-0.05, 0) is 57.0 Å². The minimum Gasteiger partial charge on any atom is -0.487 e. The number of imidazole rings is 1. The predicted octanol–water partition coefficient (Wildman–Crippen LogP) is 4.61. The molecule has 2 fully saturated rings. The Kier molecular flexibility index (Phi) is 10.1. The van der Waals surface area contributed by atoms with Gasteiger partial charge in [-0.2, -0.15) is 4.31 Å². The molecule has 4 aromatic rings. The van der Waals surface area contributed by atoms with E-state index in [1.807, 2.05) is 35.9 Å². The maximum Gasteiger partial charge on any atom is 0.245 e. The second kappa shape index (κ2) is 14.2. The SMILES string of the molecule is Cc1cc(-n2ccnc2)c2cccc(OCc3c(Cl)ccc(S(=O)(=O)N4CCCC4C(=O)NCCCN4CCOCC4)c3Cl)c2n1. The standard InChI is InChI=1S/C32H36Cl2N6O5S/c1-22-19-27(39-14-11-35-21-39)23-5-2-7-28(31(23)37-22)45-20-24-25(33)8-9-29(30(24)34)46(42,43)40-13-3-6-26(40)32(41)36-10-4-12-38-15-17-44-18-16-38/h2,5,7-9,11,14,19,21,26H,3-4,6,10,12-13,15-18,20H2,1H3,(H,36,41). The van der Waals surface area contributed by atoms with Crippen molar-refractivity contribution in [2.75, 3.05) is 45.9 Å². The number of hydrogen-bond donors (Lipinski definition) is 1. The fourth-order valence-corrected chi connectivity index (χ4v) is 8.51. The molecule has 1 unspecified atom stereocenters. The fraction of sp³-hybridized carbons (Fsp3) is 0.406. The number of aryl methyl sites for hydroxylation is 1. The van der Waals surface area contributed by atoms with Crippen molar-refractivity contribution in [3.8, 4) is 11.4 Å². The zero-order chi connectivity index (χ0) is 32.3. The Hall–Kier alpha value is -3.26. The van der Waals surface area contributed by atoms with Crippen LogP contribution in [0.5, 0.6) is 5.75 Å². The summed E-state index contributed by atoms with van der Waals surface area (Å²) in [7, 11) is -4.12. The smallest absolute Gasteiger partial charge is 0.245 e. The molecule has 14 heteroatoms. The van der Waals surface area contributed by atoms with Crippen LogP contribution in [0.3, 0.4) is 0 Å².